The minimum Gasteiger partial charge on any atom is -0.496 e. The average molecular weight is 281 g/mol. The molecule has 110 valence electrons. The Bertz CT molecular complexity index is 648. The van der Waals surface area contributed by atoms with Crippen LogP contribution in [0.1, 0.15) is 27.8 Å². The van der Waals surface area contributed by atoms with Crippen molar-refractivity contribution in [1.29, 1.82) is 0 Å². The molecule has 21 heavy (non-hydrogen) atoms. The van der Waals surface area contributed by atoms with Crippen LogP contribution in [0.4, 0.5) is 0 Å². The molecule has 0 atom stereocenters. The predicted octanol–water partition coefficient (Wildman–Crippen LogP) is 3.87. The van der Waals surface area contributed by atoms with Gasteiger partial charge in [0.1, 0.15) is 5.75 Å². The largest absolute Gasteiger partial charge is 0.496 e. The normalized spacial score (nSPS) is 14.8. The Morgan fingerprint density at radius 1 is 1.00 bits per heavy atom. The van der Waals surface area contributed by atoms with Crippen molar-refractivity contribution in [2.24, 2.45) is 0 Å². The average Bonchev–Trinajstić information content (AvgIpc) is 2.52. The predicted molar refractivity (Wildman–Crippen MR) is 86.7 cm³/mol. The molecular formula is C19H23NO. The van der Waals surface area contributed by atoms with Gasteiger partial charge in [0, 0.05) is 19.6 Å². The van der Waals surface area contributed by atoms with Gasteiger partial charge in [-0.25, -0.2) is 0 Å². The fraction of sp³-hybridized carbons (Fsp3) is 0.368. The number of methoxy groups -OCH3 is 1. The van der Waals surface area contributed by atoms with Crippen LogP contribution in [0.5, 0.6) is 5.75 Å². The summed E-state index contributed by atoms with van der Waals surface area (Å²) in [6.07, 6.45) is 1.16. The third-order valence-corrected chi connectivity index (χ3v) is 4.67. The summed E-state index contributed by atoms with van der Waals surface area (Å²) in [6.45, 7) is 7.56. The van der Waals surface area contributed by atoms with E-state index in [1.807, 2.05) is 0 Å². The third kappa shape index (κ3) is 2.81. The van der Waals surface area contributed by atoms with E-state index in [9.17, 15) is 0 Å². The van der Waals surface area contributed by atoms with Crippen LogP contribution >= 0.6 is 0 Å². The molecule has 3 rings (SSSR count). The van der Waals surface area contributed by atoms with E-state index >= 15 is 0 Å². The van der Waals surface area contributed by atoms with Crippen molar-refractivity contribution >= 4 is 0 Å². The Hall–Kier alpha value is -1.80. The van der Waals surface area contributed by atoms with E-state index in [0.29, 0.717) is 0 Å². The Morgan fingerprint density at radius 3 is 2.52 bits per heavy atom. The number of rotatable bonds is 3. The van der Waals surface area contributed by atoms with Crippen LogP contribution in [-0.2, 0) is 19.5 Å². The third-order valence-electron chi connectivity index (χ3n) is 4.67. The Kier molecular flexibility index (Phi) is 3.98. The van der Waals surface area contributed by atoms with Gasteiger partial charge < -0.3 is 4.74 Å². The highest BCUT2D eigenvalue weighted by molar-refractivity contribution is 5.43. The van der Waals surface area contributed by atoms with Crippen molar-refractivity contribution in [3.63, 3.8) is 0 Å². The first-order valence-electron chi connectivity index (χ1n) is 7.61. The minimum atomic E-state index is 0.986. The highest BCUT2D eigenvalue weighted by Crippen LogP contribution is 2.26. The molecule has 0 unspecified atom stereocenters. The second-order valence-electron chi connectivity index (χ2n) is 5.91. The lowest BCUT2D eigenvalue weighted by atomic mass is 9.98. The molecule has 2 heteroatoms. The number of benzene rings is 2. The number of nitrogens with zero attached hydrogens (tertiary/aromatic N) is 1. The van der Waals surface area contributed by atoms with Crippen molar-refractivity contribution in [2.75, 3.05) is 13.7 Å². The van der Waals surface area contributed by atoms with E-state index in [0.717, 1.165) is 31.8 Å². The summed E-state index contributed by atoms with van der Waals surface area (Å²) < 4.78 is 5.40. The summed E-state index contributed by atoms with van der Waals surface area (Å²) in [6, 6.07) is 13.1. The molecule has 0 bridgehead atoms. The molecule has 1 heterocycles. The Balaban J connectivity index is 1.78. The maximum atomic E-state index is 5.40. The van der Waals surface area contributed by atoms with Crippen molar-refractivity contribution in [2.45, 2.75) is 33.4 Å². The van der Waals surface area contributed by atoms with E-state index in [2.05, 4.69) is 55.1 Å². The maximum Gasteiger partial charge on any atom is 0.122 e. The van der Waals surface area contributed by atoms with E-state index in [4.69, 9.17) is 4.74 Å². The van der Waals surface area contributed by atoms with Gasteiger partial charge in [-0.3, -0.25) is 4.90 Å². The molecule has 0 amide bonds. The Morgan fingerprint density at radius 2 is 1.76 bits per heavy atom. The van der Waals surface area contributed by atoms with E-state index in [-0.39, 0.29) is 0 Å². The topological polar surface area (TPSA) is 12.5 Å². The van der Waals surface area contributed by atoms with Gasteiger partial charge in [0.25, 0.3) is 0 Å². The van der Waals surface area contributed by atoms with E-state index < -0.39 is 0 Å². The van der Waals surface area contributed by atoms with Crippen molar-refractivity contribution < 1.29 is 4.74 Å². The molecule has 0 aromatic heterocycles. The first kappa shape index (κ1) is 14.2. The molecule has 0 radical (unpaired) electrons. The van der Waals surface area contributed by atoms with Crippen LogP contribution in [0, 0.1) is 13.8 Å². The zero-order valence-corrected chi connectivity index (χ0v) is 13.1. The summed E-state index contributed by atoms with van der Waals surface area (Å²) in [7, 11) is 1.74. The second kappa shape index (κ2) is 5.90. The quantitative estimate of drug-likeness (QED) is 0.847. The molecule has 0 spiro atoms. The smallest absolute Gasteiger partial charge is 0.122 e. The van der Waals surface area contributed by atoms with E-state index in [1.54, 1.807) is 7.11 Å². The standard InChI is InChI=1S/C19H23NO/c1-14-15(2)19(21-3)9-8-17(14)12-20-11-10-16-6-4-5-7-18(16)13-20/h4-9H,10-13H2,1-3H3. The van der Waals surface area contributed by atoms with Gasteiger partial charge in [0.2, 0.25) is 0 Å². The van der Waals surface area contributed by atoms with Gasteiger partial charge in [-0.2, -0.15) is 0 Å². The molecular weight excluding hydrogens is 258 g/mol. The lowest BCUT2D eigenvalue weighted by Crippen LogP contribution is -2.30. The van der Waals surface area contributed by atoms with Crippen LogP contribution < -0.4 is 4.74 Å². The maximum absolute atomic E-state index is 5.40. The summed E-state index contributed by atoms with van der Waals surface area (Å²) in [5, 5.41) is 0. The molecule has 1 aliphatic heterocycles. The van der Waals surface area contributed by atoms with Crippen LogP contribution in [0.25, 0.3) is 0 Å². The van der Waals surface area contributed by atoms with Crippen molar-refractivity contribution in [1.82, 2.24) is 4.90 Å². The molecule has 2 nitrogen and oxygen atoms in total. The number of ether oxygens (including phenoxy) is 1. The first-order chi connectivity index (χ1) is 10.2. The van der Waals surface area contributed by atoms with Gasteiger partial charge in [0.05, 0.1) is 7.11 Å². The van der Waals surface area contributed by atoms with Crippen LogP contribution in [0.3, 0.4) is 0 Å². The van der Waals surface area contributed by atoms with E-state index in [1.165, 1.54) is 27.8 Å². The summed E-state index contributed by atoms with van der Waals surface area (Å²) in [5.41, 5.74) is 7.01. The highest BCUT2D eigenvalue weighted by Gasteiger charge is 2.17. The molecule has 2 aromatic carbocycles. The molecule has 0 saturated carbocycles. The SMILES string of the molecule is COc1ccc(CN2CCc3ccccc3C2)c(C)c1C. The lowest BCUT2D eigenvalue weighted by Gasteiger charge is -2.29. The molecule has 0 saturated heterocycles. The molecule has 0 N–H and O–H groups in total. The van der Waals surface area contributed by atoms with Gasteiger partial charge in [-0.15, -0.1) is 0 Å². The zero-order valence-electron chi connectivity index (χ0n) is 13.1. The summed E-state index contributed by atoms with van der Waals surface area (Å²) >= 11 is 0. The van der Waals surface area contributed by atoms with Gasteiger partial charge in [0.15, 0.2) is 0 Å². The molecule has 0 aliphatic carbocycles. The Labute approximate surface area is 127 Å². The fourth-order valence-electron chi connectivity index (χ4n) is 3.17. The highest BCUT2D eigenvalue weighted by atomic mass is 16.5. The van der Waals surface area contributed by atoms with Gasteiger partial charge in [-0.1, -0.05) is 30.3 Å². The first-order valence-corrected chi connectivity index (χ1v) is 7.61. The lowest BCUT2D eigenvalue weighted by molar-refractivity contribution is 0.245. The minimum absolute atomic E-state index is 0.986. The molecule has 2 aromatic rings. The van der Waals surface area contributed by atoms with Gasteiger partial charge in [-0.05, 0) is 54.2 Å². The van der Waals surface area contributed by atoms with Crippen LogP contribution in [0.15, 0.2) is 36.4 Å². The van der Waals surface area contributed by atoms with Crippen LogP contribution in [0.2, 0.25) is 0 Å². The van der Waals surface area contributed by atoms with Gasteiger partial charge >= 0.3 is 0 Å². The van der Waals surface area contributed by atoms with Crippen molar-refractivity contribution in [3.8, 4) is 5.75 Å². The molecule has 0 fully saturated rings. The molecule has 1 aliphatic rings. The number of hydrogen-bond donors (Lipinski definition) is 0. The number of fused-ring (bicyclic) bond motifs is 1. The number of hydrogen-bond acceptors (Lipinski definition) is 2. The zero-order chi connectivity index (χ0) is 14.8. The second-order valence-corrected chi connectivity index (χ2v) is 5.91. The van der Waals surface area contributed by atoms with Crippen LogP contribution in [-0.4, -0.2) is 18.6 Å². The van der Waals surface area contributed by atoms with Crippen molar-refractivity contribution in [3.05, 3.63) is 64.2 Å². The summed E-state index contributed by atoms with van der Waals surface area (Å²) in [4.78, 5) is 2.54. The monoisotopic (exact) mass is 281 g/mol. The fourth-order valence-corrected chi connectivity index (χ4v) is 3.17. The summed E-state index contributed by atoms with van der Waals surface area (Å²) in [5.74, 6) is 0.986.